The van der Waals surface area contributed by atoms with Crippen LogP contribution >= 0.6 is 0 Å². The largest absolute Gasteiger partial charge is 0.487 e. The molecule has 1 aliphatic heterocycles. The molecule has 0 saturated heterocycles. The third-order valence-electron chi connectivity index (χ3n) is 5.39. The van der Waals surface area contributed by atoms with Crippen LogP contribution in [-0.4, -0.2) is 35.4 Å². The highest BCUT2D eigenvalue weighted by Gasteiger charge is 2.28. The molecule has 1 unspecified atom stereocenters. The number of ether oxygens (including phenoxy) is 1. The number of aldehydes is 1. The summed E-state index contributed by atoms with van der Waals surface area (Å²) < 4.78 is 8.25. The number of carbonyl (C=O) groups is 1. The summed E-state index contributed by atoms with van der Waals surface area (Å²) in [5.74, 6) is 0.774. The van der Waals surface area contributed by atoms with Crippen molar-refractivity contribution in [3.63, 3.8) is 0 Å². The van der Waals surface area contributed by atoms with E-state index in [4.69, 9.17) is 4.74 Å². The summed E-state index contributed by atoms with van der Waals surface area (Å²) in [7, 11) is 0. The van der Waals surface area contributed by atoms with E-state index < -0.39 is 0 Å². The van der Waals surface area contributed by atoms with Gasteiger partial charge in [-0.1, -0.05) is 6.92 Å². The Morgan fingerprint density at radius 2 is 2.16 bits per heavy atom. The van der Waals surface area contributed by atoms with Gasteiger partial charge in [-0.2, -0.15) is 5.10 Å². The number of allylic oxidation sites excluding steroid dienone is 2. The summed E-state index contributed by atoms with van der Waals surface area (Å²) in [4.78, 5) is 15.7. The predicted molar refractivity (Wildman–Crippen MR) is 97.5 cm³/mol. The lowest BCUT2D eigenvalue weighted by molar-refractivity contribution is -0.105. The number of rotatable bonds is 6. The second-order valence-corrected chi connectivity index (χ2v) is 7.30. The number of dihydropyridines is 1. The van der Waals surface area contributed by atoms with E-state index in [-0.39, 0.29) is 5.92 Å². The van der Waals surface area contributed by atoms with Crippen molar-refractivity contribution in [3.8, 4) is 0 Å². The minimum atomic E-state index is 0.133. The fraction of sp³-hybridized carbons (Fsp3) is 0.550. The highest BCUT2D eigenvalue weighted by molar-refractivity contribution is 5.89. The lowest BCUT2D eigenvalue weighted by Crippen LogP contribution is -2.17. The number of aromatic nitrogens is 2. The average Bonchev–Trinajstić information content (AvgIpc) is 3.37. The summed E-state index contributed by atoms with van der Waals surface area (Å²) >= 11 is 0. The lowest BCUT2D eigenvalue weighted by Gasteiger charge is -2.23. The van der Waals surface area contributed by atoms with Crippen LogP contribution in [0.3, 0.4) is 0 Å². The van der Waals surface area contributed by atoms with Gasteiger partial charge >= 0.3 is 0 Å². The molecule has 132 valence electrons. The van der Waals surface area contributed by atoms with Crippen LogP contribution in [0.2, 0.25) is 0 Å². The molecule has 2 aliphatic carbocycles. The van der Waals surface area contributed by atoms with Gasteiger partial charge in [0, 0.05) is 24.2 Å². The summed E-state index contributed by atoms with van der Waals surface area (Å²) in [6, 6.07) is 2.72. The van der Waals surface area contributed by atoms with Crippen molar-refractivity contribution in [1.82, 2.24) is 9.78 Å². The van der Waals surface area contributed by atoms with E-state index in [1.165, 1.54) is 42.5 Å². The maximum absolute atomic E-state index is 11.4. The molecule has 1 saturated carbocycles. The molecule has 4 rings (SSSR count). The normalized spacial score (nSPS) is 24.0. The summed E-state index contributed by atoms with van der Waals surface area (Å²) in [6.45, 7) is 3.22. The van der Waals surface area contributed by atoms with Gasteiger partial charge < -0.3 is 4.74 Å². The zero-order valence-corrected chi connectivity index (χ0v) is 14.8. The van der Waals surface area contributed by atoms with Gasteiger partial charge in [0.1, 0.15) is 18.7 Å². The standard InChI is InChI=1S/C20H25N3O2/c1-14-10-21-11-20(18(14)12-24)25-13-15-4-2-3-5-17(15)19-8-9-22-23(19)16-6-7-16/h8-9,11-12,14,16H,2-7,10,13H2,1H3. The third-order valence-corrected chi connectivity index (χ3v) is 5.39. The SMILES string of the molecule is CC1CN=CC(OCC2=C(c3ccnn3C3CC3)CCCC2)=C1C=O. The van der Waals surface area contributed by atoms with Crippen LogP contribution < -0.4 is 0 Å². The van der Waals surface area contributed by atoms with Gasteiger partial charge in [-0.25, -0.2) is 0 Å². The first-order chi connectivity index (χ1) is 12.3. The molecule has 0 N–H and O–H groups in total. The molecule has 2 heterocycles. The molecular weight excluding hydrogens is 314 g/mol. The average molecular weight is 339 g/mol. The highest BCUT2D eigenvalue weighted by atomic mass is 16.5. The number of hydrogen-bond acceptors (Lipinski definition) is 4. The van der Waals surface area contributed by atoms with E-state index in [9.17, 15) is 4.79 Å². The predicted octanol–water partition coefficient (Wildman–Crippen LogP) is 3.74. The van der Waals surface area contributed by atoms with Crippen molar-refractivity contribution in [3.05, 3.63) is 34.9 Å². The Bertz CT molecular complexity index is 753. The van der Waals surface area contributed by atoms with Crippen LogP contribution in [0.5, 0.6) is 0 Å². The molecule has 1 fully saturated rings. The van der Waals surface area contributed by atoms with Crippen LogP contribution in [0, 0.1) is 5.92 Å². The van der Waals surface area contributed by atoms with Gasteiger partial charge in [0.05, 0.1) is 18.0 Å². The third kappa shape index (κ3) is 3.32. The van der Waals surface area contributed by atoms with Crippen LogP contribution in [-0.2, 0) is 9.53 Å². The van der Waals surface area contributed by atoms with Crippen molar-refractivity contribution in [2.24, 2.45) is 10.9 Å². The second-order valence-electron chi connectivity index (χ2n) is 7.30. The number of hydrogen-bond donors (Lipinski definition) is 0. The Kier molecular flexibility index (Phi) is 4.55. The van der Waals surface area contributed by atoms with Gasteiger partial charge in [-0.15, -0.1) is 0 Å². The maximum atomic E-state index is 11.4. The van der Waals surface area contributed by atoms with Gasteiger partial charge in [0.15, 0.2) is 0 Å². The molecule has 1 aromatic rings. The van der Waals surface area contributed by atoms with Crippen molar-refractivity contribution in [2.75, 3.05) is 13.2 Å². The fourth-order valence-corrected chi connectivity index (χ4v) is 3.77. The second kappa shape index (κ2) is 6.98. The topological polar surface area (TPSA) is 56.5 Å². The van der Waals surface area contributed by atoms with Crippen molar-refractivity contribution >= 4 is 18.1 Å². The zero-order chi connectivity index (χ0) is 17.2. The molecule has 0 spiro atoms. The van der Waals surface area contributed by atoms with Gasteiger partial charge in [-0.3, -0.25) is 14.5 Å². The quantitative estimate of drug-likeness (QED) is 0.742. The summed E-state index contributed by atoms with van der Waals surface area (Å²) in [6.07, 6.45) is 11.6. The number of aliphatic imine (C=N–C) groups is 1. The Balaban J connectivity index is 1.58. The molecule has 25 heavy (non-hydrogen) atoms. The smallest absolute Gasteiger partial charge is 0.150 e. The first kappa shape index (κ1) is 16.3. The molecule has 0 aromatic carbocycles. The Hall–Kier alpha value is -2.17. The molecule has 0 radical (unpaired) electrons. The maximum Gasteiger partial charge on any atom is 0.150 e. The zero-order valence-electron chi connectivity index (χ0n) is 14.8. The fourth-order valence-electron chi connectivity index (χ4n) is 3.77. The van der Waals surface area contributed by atoms with Crippen molar-refractivity contribution < 1.29 is 9.53 Å². The molecular formula is C20H25N3O2. The Morgan fingerprint density at radius 1 is 1.32 bits per heavy atom. The molecule has 3 aliphatic rings. The minimum Gasteiger partial charge on any atom is -0.487 e. The van der Waals surface area contributed by atoms with E-state index in [1.54, 1.807) is 6.21 Å². The van der Waals surface area contributed by atoms with Crippen LogP contribution in [0.25, 0.3) is 5.57 Å². The summed E-state index contributed by atoms with van der Waals surface area (Å²) in [5.41, 5.74) is 4.73. The van der Waals surface area contributed by atoms with Gasteiger partial charge in [-0.05, 0) is 55.7 Å². The molecule has 5 heteroatoms. The number of nitrogens with zero attached hydrogens (tertiary/aromatic N) is 3. The van der Waals surface area contributed by atoms with Crippen molar-refractivity contribution in [1.29, 1.82) is 0 Å². The van der Waals surface area contributed by atoms with Gasteiger partial charge in [0.25, 0.3) is 0 Å². The van der Waals surface area contributed by atoms with Crippen LogP contribution in [0.15, 0.2) is 34.2 Å². The number of carbonyl (C=O) groups excluding carboxylic acids is 1. The molecule has 1 atom stereocenters. The monoisotopic (exact) mass is 339 g/mol. The van der Waals surface area contributed by atoms with E-state index in [0.717, 1.165) is 24.7 Å². The van der Waals surface area contributed by atoms with E-state index in [1.807, 2.05) is 13.1 Å². The van der Waals surface area contributed by atoms with E-state index >= 15 is 0 Å². The van der Waals surface area contributed by atoms with E-state index in [0.29, 0.717) is 25.0 Å². The first-order valence-electron chi connectivity index (χ1n) is 9.34. The van der Waals surface area contributed by atoms with Crippen LogP contribution in [0.4, 0.5) is 0 Å². The van der Waals surface area contributed by atoms with Crippen molar-refractivity contribution in [2.45, 2.75) is 51.5 Å². The Morgan fingerprint density at radius 3 is 2.96 bits per heavy atom. The molecule has 0 bridgehead atoms. The molecule has 0 amide bonds. The Labute approximate surface area is 148 Å². The highest BCUT2D eigenvalue weighted by Crippen LogP contribution is 2.39. The van der Waals surface area contributed by atoms with Gasteiger partial charge in [0.2, 0.25) is 0 Å². The van der Waals surface area contributed by atoms with Crippen LogP contribution in [0.1, 0.15) is 57.2 Å². The van der Waals surface area contributed by atoms with E-state index in [2.05, 4.69) is 20.8 Å². The summed E-state index contributed by atoms with van der Waals surface area (Å²) in [5, 5.41) is 4.54. The first-order valence-corrected chi connectivity index (χ1v) is 9.34. The minimum absolute atomic E-state index is 0.133. The molecule has 5 nitrogen and oxygen atoms in total. The molecule has 1 aromatic heterocycles. The lowest BCUT2D eigenvalue weighted by atomic mass is 9.90.